The SMILES string of the molecule is COC(=O)O[C@H]1[C@H](OC(=O)c2ccccc2)O[C@H](C(O)(O)O)[C@@](C)(O)[C@@H]1O. The quantitative estimate of drug-likeness (QED) is 0.299. The number of esters is 1. The summed E-state index contributed by atoms with van der Waals surface area (Å²) in [5.74, 6) is -4.58. The summed E-state index contributed by atoms with van der Waals surface area (Å²) in [7, 11) is 0.977. The largest absolute Gasteiger partial charge is 0.508 e. The third-order valence-electron chi connectivity index (χ3n) is 3.96. The van der Waals surface area contributed by atoms with Crippen LogP contribution in [-0.2, 0) is 18.9 Å². The minimum Gasteiger partial charge on any atom is -0.438 e. The van der Waals surface area contributed by atoms with Gasteiger partial charge < -0.3 is 44.5 Å². The number of aliphatic hydroxyl groups excluding tert-OH is 1. The van der Waals surface area contributed by atoms with E-state index in [1.165, 1.54) is 12.1 Å². The predicted octanol–water partition coefficient (Wildman–Crippen LogP) is -1.54. The van der Waals surface area contributed by atoms with Crippen molar-refractivity contribution in [2.45, 2.75) is 43.1 Å². The van der Waals surface area contributed by atoms with E-state index in [2.05, 4.69) is 4.74 Å². The van der Waals surface area contributed by atoms with Gasteiger partial charge >= 0.3 is 18.1 Å². The second-order valence-corrected chi connectivity index (χ2v) is 6.05. The van der Waals surface area contributed by atoms with E-state index in [9.17, 15) is 35.1 Å². The van der Waals surface area contributed by atoms with Crippen LogP contribution in [0.1, 0.15) is 17.3 Å². The average molecular weight is 388 g/mol. The Balaban J connectivity index is 2.33. The summed E-state index contributed by atoms with van der Waals surface area (Å²) >= 11 is 0. The van der Waals surface area contributed by atoms with Crippen molar-refractivity contribution in [2.75, 3.05) is 7.11 Å². The fraction of sp³-hybridized carbons (Fsp3) is 0.500. The number of hydrogen-bond acceptors (Lipinski definition) is 11. The van der Waals surface area contributed by atoms with Gasteiger partial charge in [0.1, 0.15) is 11.7 Å². The molecule has 1 aromatic rings. The lowest BCUT2D eigenvalue weighted by atomic mass is 9.84. The van der Waals surface area contributed by atoms with Crippen LogP contribution in [0.2, 0.25) is 0 Å². The molecule has 1 aliphatic rings. The Bertz CT molecular complexity index is 667. The van der Waals surface area contributed by atoms with Gasteiger partial charge in [0.2, 0.25) is 6.29 Å². The molecule has 1 aromatic carbocycles. The lowest BCUT2D eigenvalue weighted by Crippen LogP contribution is -2.71. The molecule has 11 heteroatoms. The van der Waals surface area contributed by atoms with Crippen LogP contribution in [0.4, 0.5) is 4.79 Å². The van der Waals surface area contributed by atoms with Crippen molar-refractivity contribution in [1.82, 2.24) is 0 Å². The number of benzene rings is 1. The molecule has 0 aromatic heterocycles. The van der Waals surface area contributed by atoms with Gasteiger partial charge in [-0.3, -0.25) is 0 Å². The Morgan fingerprint density at radius 2 is 1.74 bits per heavy atom. The van der Waals surface area contributed by atoms with Crippen LogP contribution in [0.15, 0.2) is 30.3 Å². The Hall–Kier alpha value is -2.28. The zero-order chi connectivity index (χ0) is 20.4. The van der Waals surface area contributed by atoms with Gasteiger partial charge in [-0.15, -0.1) is 0 Å². The molecule has 1 saturated heterocycles. The third-order valence-corrected chi connectivity index (χ3v) is 3.96. The number of carbonyl (C=O) groups excluding carboxylic acids is 2. The summed E-state index contributed by atoms with van der Waals surface area (Å²) in [5.41, 5.74) is -2.45. The van der Waals surface area contributed by atoms with Gasteiger partial charge in [0.25, 0.3) is 0 Å². The molecule has 2 rings (SSSR count). The molecule has 5 N–H and O–H groups in total. The van der Waals surface area contributed by atoms with Gasteiger partial charge in [-0.1, -0.05) is 18.2 Å². The summed E-state index contributed by atoms with van der Waals surface area (Å²) in [6.07, 6.45) is -9.32. The fourth-order valence-corrected chi connectivity index (χ4v) is 2.59. The van der Waals surface area contributed by atoms with E-state index in [1.807, 2.05) is 0 Å². The molecule has 0 spiro atoms. The van der Waals surface area contributed by atoms with Crippen molar-refractivity contribution < 1.29 is 54.1 Å². The molecular formula is C16H20O11. The molecule has 11 nitrogen and oxygen atoms in total. The number of aliphatic hydroxyl groups is 5. The molecule has 1 fully saturated rings. The van der Waals surface area contributed by atoms with Crippen LogP contribution >= 0.6 is 0 Å². The molecule has 150 valence electrons. The standard InChI is InChI=1S/C16H20O11/c1-15(20)10(17)9(25-14(19)24-2)12(27-13(15)16(21,22)23)26-11(18)8-6-4-3-5-7-8/h3-7,9-10,12-13,17,20-23H,1-2H3/t9-,10-,12-,13+,15+/m1/s1. The molecule has 0 aliphatic carbocycles. The zero-order valence-corrected chi connectivity index (χ0v) is 14.4. The van der Waals surface area contributed by atoms with Gasteiger partial charge in [-0.25, -0.2) is 9.59 Å². The first-order valence-corrected chi connectivity index (χ1v) is 7.72. The second kappa shape index (κ2) is 7.76. The second-order valence-electron chi connectivity index (χ2n) is 6.05. The lowest BCUT2D eigenvalue weighted by molar-refractivity contribution is -0.430. The van der Waals surface area contributed by atoms with Crippen molar-refractivity contribution in [1.29, 1.82) is 0 Å². The molecular weight excluding hydrogens is 368 g/mol. The van der Waals surface area contributed by atoms with E-state index in [-0.39, 0.29) is 5.56 Å². The van der Waals surface area contributed by atoms with Gasteiger partial charge in [0, 0.05) is 0 Å². The maximum absolute atomic E-state index is 12.2. The Morgan fingerprint density at radius 3 is 2.26 bits per heavy atom. The number of carbonyl (C=O) groups is 2. The van der Waals surface area contributed by atoms with Crippen LogP contribution in [-0.4, -0.2) is 80.9 Å². The van der Waals surface area contributed by atoms with Gasteiger partial charge in [-0.05, 0) is 19.1 Å². The lowest BCUT2D eigenvalue weighted by Gasteiger charge is -2.48. The van der Waals surface area contributed by atoms with E-state index in [0.29, 0.717) is 0 Å². The first-order chi connectivity index (χ1) is 12.5. The highest BCUT2D eigenvalue weighted by atomic mass is 16.8. The number of rotatable bonds is 4. The highest BCUT2D eigenvalue weighted by Gasteiger charge is 2.61. The van der Waals surface area contributed by atoms with Crippen LogP contribution in [0, 0.1) is 0 Å². The maximum atomic E-state index is 12.2. The van der Waals surface area contributed by atoms with Crippen LogP contribution in [0.3, 0.4) is 0 Å². The fourth-order valence-electron chi connectivity index (χ4n) is 2.59. The minimum absolute atomic E-state index is 0.0737. The Labute approximate surface area is 153 Å². The Morgan fingerprint density at radius 1 is 1.15 bits per heavy atom. The molecule has 1 heterocycles. The first-order valence-electron chi connectivity index (χ1n) is 7.72. The maximum Gasteiger partial charge on any atom is 0.508 e. The van der Waals surface area contributed by atoms with E-state index >= 15 is 0 Å². The molecule has 0 unspecified atom stereocenters. The number of methoxy groups -OCH3 is 1. The van der Waals surface area contributed by atoms with Crippen LogP contribution in [0.5, 0.6) is 0 Å². The highest BCUT2D eigenvalue weighted by Crippen LogP contribution is 2.36. The molecule has 0 amide bonds. The van der Waals surface area contributed by atoms with E-state index in [4.69, 9.17) is 14.2 Å². The van der Waals surface area contributed by atoms with Crippen molar-refractivity contribution in [3.05, 3.63) is 35.9 Å². The van der Waals surface area contributed by atoms with Crippen molar-refractivity contribution in [3.8, 4) is 0 Å². The van der Waals surface area contributed by atoms with Crippen molar-refractivity contribution in [3.63, 3.8) is 0 Å². The summed E-state index contributed by atoms with van der Waals surface area (Å²) in [6.45, 7) is 0.891. The first kappa shape index (κ1) is 21.0. The van der Waals surface area contributed by atoms with E-state index in [1.54, 1.807) is 18.2 Å². The molecule has 0 radical (unpaired) electrons. The molecule has 0 bridgehead atoms. The average Bonchev–Trinajstić information content (AvgIpc) is 2.60. The van der Waals surface area contributed by atoms with Crippen LogP contribution in [0.25, 0.3) is 0 Å². The predicted molar refractivity (Wildman–Crippen MR) is 83.8 cm³/mol. The summed E-state index contributed by atoms with van der Waals surface area (Å²) < 4.78 is 19.2. The van der Waals surface area contributed by atoms with E-state index in [0.717, 1.165) is 14.0 Å². The minimum atomic E-state index is -3.61. The summed E-state index contributed by atoms with van der Waals surface area (Å²) in [5, 5.41) is 48.9. The third kappa shape index (κ3) is 4.53. The number of ether oxygens (including phenoxy) is 4. The topological polar surface area (TPSA) is 172 Å². The van der Waals surface area contributed by atoms with Crippen LogP contribution < -0.4 is 0 Å². The molecule has 1 aliphatic heterocycles. The van der Waals surface area contributed by atoms with Gasteiger partial charge in [-0.2, -0.15) is 0 Å². The van der Waals surface area contributed by atoms with Gasteiger partial charge in [0.15, 0.2) is 12.2 Å². The monoisotopic (exact) mass is 388 g/mol. The molecule has 0 saturated carbocycles. The Kier molecular flexibility index (Phi) is 6.04. The van der Waals surface area contributed by atoms with Crippen molar-refractivity contribution >= 4 is 12.1 Å². The smallest absolute Gasteiger partial charge is 0.438 e. The molecule has 5 atom stereocenters. The zero-order valence-electron chi connectivity index (χ0n) is 14.4. The number of hydrogen-bond donors (Lipinski definition) is 5. The van der Waals surface area contributed by atoms with E-state index < -0.39 is 48.3 Å². The van der Waals surface area contributed by atoms with Crippen molar-refractivity contribution in [2.24, 2.45) is 0 Å². The summed E-state index contributed by atoms with van der Waals surface area (Å²) in [4.78, 5) is 23.7. The molecule has 27 heavy (non-hydrogen) atoms. The highest BCUT2D eigenvalue weighted by molar-refractivity contribution is 5.89. The summed E-state index contributed by atoms with van der Waals surface area (Å²) in [6, 6.07) is 7.54. The van der Waals surface area contributed by atoms with Gasteiger partial charge in [0.05, 0.1) is 12.7 Å². The normalized spacial score (nSPS) is 31.1.